The molecule has 9 nitrogen and oxygen atoms in total. The lowest BCUT2D eigenvalue weighted by Gasteiger charge is -2.08. The molecule has 0 aliphatic rings. The van der Waals surface area contributed by atoms with Crippen molar-refractivity contribution in [2.24, 2.45) is 14.1 Å². The van der Waals surface area contributed by atoms with Gasteiger partial charge in [-0.15, -0.1) is 0 Å². The molecule has 0 aliphatic heterocycles. The van der Waals surface area contributed by atoms with Gasteiger partial charge in [0.25, 0.3) is 5.56 Å². The van der Waals surface area contributed by atoms with Crippen molar-refractivity contribution in [3.05, 3.63) is 85.7 Å². The van der Waals surface area contributed by atoms with Crippen molar-refractivity contribution >= 4 is 40.3 Å². The minimum Gasteiger partial charge on any atom is -0.321 e. The molecule has 0 radical (unpaired) electrons. The first-order valence-electron chi connectivity index (χ1n) is 9.73. The average molecular weight is 469 g/mol. The molecule has 1 aromatic carbocycles. The number of aryl methyl sites for hydroxylation is 2. The Labute approximate surface area is 191 Å². The number of pyridine rings is 1. The Morgan fingerprint density at radius 3 is 2.55 bits per heavy atom. The lowest BCUT2D eigenvalue weighted by molar-refractivity contribution is -0.111. The van der Waals surface area contributed by atoms with Crippen LogP contribution in [-0.2, 0) is 18.9 Å². The molecule has 0 fully saturated rings. The topological polar surface area (TPSA) is 104 Å². The van der Waals surface area contributed by atoms with E-state index in [2.05, 4.69) is 15.4 Å². The second kappa shape index (κ2) is 8.47. The van der Waals surface area contributed by atoms with Crippen LogP contribution in [0.2, 0.25) is 5.15 Å². The predicted octanol–water partition coefficient (Wildman–Crippen LogP) is 2.57. The largest absolute Gasteiger partial charge is 0.332 e. The van der Waals surface area contributed by atoms with Crippen molar-refractivity contribution < 1.29 is 9.18 Å². The molecule has 3 heterocycles. The minimum atomic E-state index is -0.511. The van der Waals surface area contributed by atoms with Crippen molar-refractivity contribution in [2.45, 2.75) is 6.92 Å². The van der Waals surface area contributed by atoms with Crippen molar-refractivity contribution in [1.82, 2.24) is 23.9 Å². The highest BCUT2D eigenvalue weighted by atomic mass is 35.5. The first-order valence-corrected chi connectivity index (χ1v) is 10.1. The van der Waals surface area contributed by atoms with Crippen LogP contribution >= 0.6 is 11.6 Å². The number of nitrogens with zero attached hydrogens (tertiary/aromatic N) is 5. The second-order valence-corrected chi connectivity index (χ2v) is 7.66. The number of carbonyl (C=O) groups excluding carboxylic acids is 1. The molecule has 3 aromatic heterocycles. The average Bonchev–Trinajstić information content (AvgIpc) is 3.08. The molecule has 11 heteroatoms. The molecule has 0 saturated heterocycles. The first-order chi connectivity index (χ1) is 15.7. The van der Waals surface area contributed by atoms with Crippen LogP contribution in [0.1, 0.15) is 11.3 Å². The Morgan fingerprint density at radius 2 is 1.85 bits per heavy atom. The normalized spacial score (nSPS) is 11.4. The molecule has 0 spiro atoms. The zero-order valence-electron chi connectivity index (χ0n) is 17.8. The number of hydrogen-bond acceptors (Lipinski definition) is 5. The molecule has 4 rings (SSSR count). The van der Waals surface area contributed by atoms with E-state index in [4.69, 9.17) is 11.6 Å². The predicted molar refractivity (Wildman–Crippen MR) is 123 cm³/mol. The highest BCUT2D eigenvalue weighted by molar-refractivity contribution is 6.31. The molecule has 0 unspecified atom stereocenters. The Kier molecular flexibility index (Phi) is 5.69. The monoisotopic (exact) mass is 468 g/mol. The summed E-state index contributed by atoms with van der Waals surface area (Å²) < 4.78 is 16.9. The van der Waals surface area contributed by atoms with E-state index < -0.39 is 17.2 Å². The third kappa shape index (κ3) is 4.08. The molecule has 0 atom stereocenters. The molecule has 1 N–H and O–H groups in total. The van der Waals surface area contributed by atoms with Gasteiger partial charge in [-0.3, -0.25) is 18.7 Å². The molecular formula is C22H18ClFN6O3. The summed E-state index contributed by atoms with van der Waals surface area (Å²) in [6.45, 7) is 1.73. The van der Waals surface area contributed by atoms with Gasteiger partial charge in [0.1, 0.15) is 16.6 Å². The molecule has 0 bridgehead atoms. The van der Waals surface area contributed by atoms with Gasteiger partial charge in [0.05, 0.1) is 28.7 Å². The summed E-state index contributed by atoms with van der Waals surface area (Å²) in [4.78, 5) is 41.0. The second-order valence-electron chi connectivity index (χ2n) is 7.30. The maximum atomic E-state index is 13.2. The SMILES string of the molecule is Cc1nn(-c2ccc(F)cc2)c(Cl)c1/C=C/C(=O)Nc1cnc2c(c1)c(=O)n(C)c(=O)n2C. The summed E-state index contributed by atoms with van der Waals surface area (Å²) in [5, 5.41) is 7.44. The van der Waals surface area contributed by atoms with E-state index >= 15 is 0 Å². The van der Waals surface area contributed by atoms with Gasteiger partial charge in [0.15, 0.2) is 0 Å². The quantitative estimate of drug-likeness (QED) is 0.464. The molecule has 0 saturated carbocycles. The van der Waals surface area contributed by atoms with Crippen LogP contribution in [0.5, 0.6) is 0 Å². The first kappa shape index (κ1) is 22.2. The Morgan fingerprint density at radius 1 is 1.15 bits per heavy atom. The number of benzene rings is 1. The Bertz CT molecular complexity index is 1550. The maximum absolute atomic E-state index is 13.2. The number of halogens is 2. The van der Waals surface area contributed by atoms with Gasteiger partial charge in [-0.2, -0.15) is 5.10 Å². The van der Waals surface area contributed by atoms with Gasteiger partial charge in [-0.1, -0.05) is 11.6 Å². The van der Waals surface area contributed by atoms with E-state index in [-0.39, 0.29) is 27.7 Å². The number of fused-ring (bicyclic) bond motifs is 1. The number of aromatic nitrogens is 5. The summed E-state index contributed by atoms with van der Waals surface area (Å²) in [6.07, 6.45) is 4.14. The minimum absolute atomic E-state index is 0.195. The van der Waals surface area contributed by atoms with Gasteiger partial charge < -0.3 is 5.32 Å². The van der Waals surface area contributed by atoms with Crippen molar-refractivity contribution in [1.29, 1.82) is 0 Å². The summed E-state index contributed by atoms with van der Waals surface area (Å²) >= 11 is 6.42. The molecule has 33 heavy (non-hydrogen) atoms. The van der Waals surface area contributed by atoms with Crippen molar-refractivity contribution in [3.63, 3.8) is 0 Å². The fourth-order valence-electron chi connectivity index (χ4n) is 3.33. The summed E-state index contributed by atoms with van der Waals surface area (Å²) in [6, 6.07) is 7.14. The Hall–Kier alpha value is -4.05. The third-order valence-corrected chi connectivity index (χ3v) is 5.45. The number of carbonyl (C=O) groups is 1. The van der Waals surface area contributed by atoms with Crippen LogP contribution in [0, 0.1) is 12.7 Å². The van der Waals surface area contributed by atoms with Crippen molar-refractivity contribution in [3.8, 4) is 5.69 Å². The maximum Gasteiger partial charge on any atom is 0.332 e. The van der Waals surface area contributed by atoms with E-state index in [1.807, 2.05) is 0 Å². The lowest BCUT2D eigenvalue weighted by Crippen LogP contribution is -2.37. The van der Waals surface area contributed by atoms with Crippen LogP contribution < -0.4 is 16.6 Å². The highest BCUT2D eigenvalue weighted by Gasteiger charge is 2.14. The zero-order chi connectivity index (χ0) is 23.9. The van der Waals surface area contributed by atoms with Gasteiger partial charge in [-0.05, 0) is 43.3 Å². The van der Waals surface area contributed by atoms with Crippen LogP contribution in [0.3, 0.4) is 0 Å². The summed E-state index contributed by atoms with van der Waals surface area (Å²) in [5.41, 5.74) is 1.18. The van der Waals surface area contributed by atoms with E-state index in [1.165, 1.54) is 59.9 Å². The molecule has 4 aromatic rings. The van der Waals surface area contributed by atoms with Crippen LogP contribution in [0.4, 0.5) is 10.1 Å². The molecule has 168 valence electrons. The lowest BCUT2D eigenvalue weighted by atomic mass is 10.2. The number of amides is 1. The fourth-order valence-corrected chi connectivity index (χ4v) is 3.67. The van der Waals surface area contributed by atoms with Gasteiger partial charge in [0, 0.05) is 25.7 Å². The van der Waals surface area contributed by atoms with Crippen LogP contribution in [-0.4, -0.2) is 29.8 Å². The smallest absolute Gasteiger partial charge is 0.321 e. The van der Waals surface area contributed by atoms with Crippen LogP contribution in [0.25, 0.3) is 22.8 Å². The number of nitrogens with one attached hydrogen (secondary N) is 1. The summed E-state index contributed by atoms with van der Waals surface area (Å²) in [7, 11) is 2.88. The molecule has 0 aliphatic carbocycles. The van der Waals surface area contributed by atoms with Crippen LogP contribution in [0.15, 0.2) is 52.2 Å². The van der Waals surface area contributed by atoms with E-state index in [0.29, 0.717) is 16.9 Å². The number of rotatable bonds is 4. The Balaban J connectivity index is 1.59. The number of anilines is 1. The van der Waals surface area contributed by atoms with Gasteiger partial charge in [-0.25, -0.2) is 18.9 Å². The van der Waals surface area contributed by atoms with E-state index in [1.54, 1.807) is 19.1 Å². The van der Waals surface area contributed by atoms with Gasteiger partial charge in [0.2, 0.25) is 5.91 Å². The van der Waals surface area contributed by atoms with Gasteiger partial charge >= 0.3 is 5.69 Å². The molecule has 1 amide bonds. The standard InChI is InChI=1S/C22H18ClFN6O3/c1-12-16(19(23)30(27-12)15-6-4-13(24)5-7-15)8-9-18(31)26-14-10-17-20(25-11-14)28(2)22(33)29(3)21(17)32/h4-11H,1-3H3,(H,26,31)/b9-8+. The highest BCUT2D eigenvalue weighted by Crippen LogP contribution is 2.25. The van der Waals surface area contributed by atoms with E-state index in [0.717, 1.165) is 4.57 Å². The fraction of sp³-hybridized carbons (Fsp3) is 0.136. The van der Waals surface area contributed by atoms with Crippen molar-refractivity contribution in [2.75, 3.05) is 5.32 Å². The third-order valence-electron chi connectivity index (χ3n) is 5.08. The zero-order valence-corrected chi connectivity index (χ0v) is 18.6. The number of hydrogen-bond donors (Lipinski definition) is 1. The summed E-state index contributed by atoms with van der Waals surface area (Å²) in [5.74, 6) is -0.860. The van der Waals surface area contributed by atoms with E-state index in [9.17, 15) is 18.8 Å². The molecular weight excluding hydrogens is 451 g/mol.